The van der Waals surface area contributed by atoms with E-state index in [1.165, 1.54) is 0 Å². The summed E-state index contributed by atoms with van der Waals surface area (Å²) in [6.45, 7) is 2.98. The number of hydrogen-bond acceptors (Lipinski definition) is 2. The molecule has 0 unspecified atom stereocenters. The molecular weight excluding hydrogens is 188 g/mol. The maximum absolute atomic E-state index is 5.74. The van der Waals surface area contributed by atoms with Gasteiger partial charge >= 0.3 is 0 Å². The zero-order valence-electron chi connectivity index (χ0n) is 9.06. The Kier molecular flexibility index (Phi) is 4.47. The molecule has 1 aromatic carbocycles. The van der Waals surface area contributed by atoms with Crippen molar-refractivity contribution >= 4 is 11.6 Å². The van der Waals surface area contributed by atoms with Gasteiger partial charge in [-0.3, -0.25) is 0 Å². The van der Waals surface area contributed by atoms with Crippen LogP contribution in [-0.2, 0) is 0 Å². The van der Waals surface area contributed by atoms with Crippen molar-refractivity contribution in [2.75, 3.05) is 11.4 Å². The smallest absolute Gasteiger partial charge is 0.217 e. The molecule has 0 aliphatic heterocycles. The fourth-order valence-electron chi connectivity index (χ4n) is 1.37. The lowest BCUT2D eigenvalue weighted by Crippen LogP contribution is -2.38. The van der Waals surface area contributed by atoms with Gasteiger partial charge in [-0.05, 0) is 18.6 Å². The Labute approximate surface area is 90.6 Å². The van der Waals surface area contributed by atoms with Gasteiger partial charge in [-0.1, -0.05) is 31.5 Å². The highest BCUT2D eigenvalue weighted by Crippen LogP contribution is 2.13. The van der Waals surface area contributed by atoms with Crippen molar-refractivity contribution in [1.82, 2.24) is 0 Å². The van der Waals surface area contributed by atoms with Crippen LogP contribution in [0, 0.1) is 0 Å². The first kappa shape index (κ1) is 11.4. The average Bonchev–Trinajstić information content (AvgIpc) is 2.30. The Hall–Kier alpha value is -1.71. The van der Waals surface area contributed by atoms with Crippen molar-refractivity contribution in [3.05, 3.63) is 30.3 Å². The summed E-state index contributed by atoms with van der Waals surface area (Å²) in [5, 5.41) is 3.54. The minimum absolute atomic E-state index is 0.356. The van der Waals surface area contributed by atoms with Gasteiger partial charge in [0.15, 0.2) is 0 Å². The highest BCUT2D eigenvalue weighted by atomic mass is 15.3. The van der Waals surface area contributed by atoms with Crippen molar-refractivity contribution in [2.45, 2.75) is 19.8 Å². The predicted molar refractivity (Wildman–Crippen MR) is 64.5 cm³/mol. The van der Waals surface area contributed by atoms with Gasteiger partial charge in [-0.2, -0.15) is 0 Å². The van der Waals surface area contributed by atoms with E-state index in [2.05, 4.69) is 12.0 Å². The molecule has 0 amide bonds. The first-order valence-corrected chi connectivity index (χ1v) is 5.15. The minimum Gasteiger partial charge on any atom is -0.368 e. The molecule has 0 saturated heterocycles. The molecule has 0 aliphatic carbocycles. The largest absolute Gasteiger partial charge is 0.368 e. The normalized spacial score (nSPS) is 11.4. The topological polar surface area (TPSA) is 67.6 Å². The van der Waals surface area contributed by atoms with Crippen LogP contribution in [-0.4, -0.2) is 12.5 Å². The highest BCUT2D eigenvalue weighted by Gasteiger charge is 2.08. The first-order chi connectivity index (χ1) is 7.29. The van der Waals surface area contributed by atoms with Crippen molar-refractivity contribution in [1.29, 1.82) is 0 Å². The van der Waals surface area contributed by atoms with Gasteiger partial charge in [0.25, 0.3) is 0 Å². The van der Waals surface area contributed by atoms with Crippen LogP contribution in [0.25, 0.3) is 0 Å². The van der Waals surface area contributed by atoms with Gasteiger partial charge in [0.05, 0.1) is 0 Å². The fraction of sp³-hybridized carbons (Fsp3) is 0.364. The van der Waals surface area contributed by atoms with Crippen molar-refractivity contribution < 1.29 is 0 Å². The lowest BCUT2D eigenvalue weighted by molar-refractivity contribution is 0.791. The molecule has 0 aliphatic rings. The van der Waals surface area contributed by atoms with E-state index in [0.29, 0.717) is 5.96 Å². The summed E-state index contributed by atoms with van der Waals surface area (Å²) in [7, 11) is 0. The molecule has 0 fully saturated rings. The molecule has 4 N–H and O–H groups in total. The zero-order valence-corrected chi connectivity index (χ0v) is 9.06. The Bertz CT molecular complexity index is 308. The van der Waals surface area contributed by atoms with Crippen LogP contribution in [0.4, 0.5) is 5.69 Å². The van der Waals surface area contributed by atoms with Crippen LogP contribution in [0.1, 0.15) is 19.8 Å². The third-order valence-corrected chi connectivity index (χ3v) is 2.21. The lowest BCUT2D eigenvalue weighted by Gasteiger charge is -2.22. The van der Waals surface area contributed by atoms with Crippen molar-refractivity contribution in [2.24, 2.45) is 16.7 Å². The standard InChI is InChI=1S/C11H18N4/c1-2-3-9-15(11(12)14-13)10-7-5-4-6-8-10/h4-8H,2-3,9,13H2,1H3,(H2,12,14). The molecule has 0 saturated carbocycles. The Balaban J connectivity index is 2.81. The van der Waals surface area contributed by atoms with Gasteiger partial charge in [-0.15, -0.1) is 5.10 Å². The number of nitrogens with two attached hydrogens (primary N) is 2. The second-order valence-corrected chi connectivity index (χ2v) is 3.33. The summed E-state index contributed by atoms with van der Waals surface area (Å²) in [6, 6.07) is 9.90. The number of nitrogens with zero attached hydrogens (tertiary/aromatic N) is 2. The molecule has 0 heterocycles. The third-order valence-electron chi connectivity index (χ3n) is 2.21. The second kappa shape index (κ2) is 5.90. The molecule has 15 heavy (non-hydrogen) atoms. The summed E-state index contributed by atoms with van der Waals surface area (Å²) >= 11 is 0. The number of rotatable bonds is 4. The van der Waals surface area contributed by atoms with Gasteiger partial charge < -0.3 is 16.5 Å². The van der Waals surface area contributed by atoms with Gasteiger partial charge in [0.2, 0.25) is 5.96 Å². The minimum atomic E-state index is 0.356. The number of unbranched alkanes of at least 4 members (excludes halogenated alkanes) is 1. The van der Waals surface area contributed by atoms with E-state index in [1.54, 1.807) is 0 Å². The lowest BCUT2D eigenvalue weighted by atomic mass is 10.2. The number of guanidine groups is 1. The van der Waals surface area contributed by atoms with Crippen LogP contribution in [0.15, 0.2) is 35.4 Å². The number of benzene rings is 1. The van der Waals surface area contributed by atoms with E-state index in [0.717, 1.165) is 25.1 Å². The molecule has 1 aromatic rings. The van der Waals surface area contributed by atoms with Crippen LogP contribution in [0.2, 0.25) is 0 Å². The van der Waals surface area contributed by atoms with E-state index in [4.69, 9.17) is 11.6 Å². The summed E-state index contributed by atoms with van der Waals surface area (Å²) in [5.74, 6) is 5.56. The molecule has 82 valence electrons. The number of hydrazone groups is 1. The van der Waals surface area contributed by atoms with Crippen molar-refractivity contribution in [3.8, 4) is 0 Å². The quantitative estimate of drug-likeness (QED) is 0.339. The van der Waals surface area contributed by atoms with Gasteiger partial charge in [-0.25, -0.2) is 0 Å². The molecule has 0 spiro atoms. The third kappa shape index (κ3) is 3.16. The van der Waals surface area contributed by atoms with Crippen molar-refractivity contribution in [3.63, 3.8) is 0 Å². The first-order valence-electron chi connectivity index (χ1n) is 5.15. The van der Waals surface area contributed by atoms with E-state index < -0.39 is 0 Å². The molecule has 0 bridgehead atoms. The summed E-state index contributed by atoms with van der Waals surface area (Å²) < 4.78 is 0. The highest BCUT2D eigenvalue weighted by molar-refractivity contribution is 5.94. The summed E-state index contributed by atoms with van der Waals surface area (Å²) in [6.07, 6.45) is 2.17. The Morgan fingerprint density at radius 3 is 2.53 bits per heavy atom. The molecule has 0 atom stereocenters. The molecule has 4 nitrogen and oxygen atoms in total. The number of hydrogen-bond donors (Lipinski definition) is 2. The van der Waals surface area contributed by atoms with Gasteiger partial charge in [0.1, 0.15) is 0 Å². The van der Waals surface area contributed by atoms with E-state index in [1.807, 2.05) is 35.2 Å². The fourth-order valence-corrected chi connectivity index (χ4v) is 1.37. The predicted octanol–water partition coefficient (Wildman–Crippen LogP) is 1.48. The van der Waals surface area contributed by atoms with Crippen LogP contribution >= 0.6 is 0 Å². The van der Waals surface area contributed by atoms with Crippen LogP contribution < -0.4 is 16.5 Å². The summed E-state index contributed by atoms with van der Waals surface area (Å²) in [4.78, 5) is 1.92. The molecular formula is C11H18N4. The van der Waals surface area contributed by atoms with E-state index in [-0.39, 0.29) is 0 Å². The summed E-state index contributed by atoms with van der Waals surface area (Å²) in [5.41, 5.74) is 6.77. The Morgan fingerprint density at radius 1 is 1.33 bits per heavy atom. The monoisotopic (exact) mass is 206 g/mol. The molecule has 1 rings (SSSR count). The maximum Gasteiger partial charge on any atom is 0.217 e. The van der Waals surface area contributed by atoms with Crippen LogP contribution in [0.3, 0.4) is 0 Å². The van der Waals surface area contributed by atoms with E-state index >= 15 is 0 Å². The maximum atomic E-state index is 5.74. The number of anilines is 1. The SMILES string of the molecule is CCCCN(C(N)=NN)c1ccccc1. The second-order valence-electron chi connectivity index (χ2n) is 3.33. The Morgan fingerprint density at radius 2 is 2.00 bits per heavy atom. The molecule has 0 radical (unpaired) electrons. The number of para-hydroxylation sites is 1. The molecule has 4 heteroatoms. The molecule has 0 aromatic heterocycles. The van der Waals surface area contributed by atoms with E-state index in [9.17, 15) is 0 Å². The van der Waals surface area contributed by atoms with Crippen LogP contribution in [0.5, 0.6) is 0 Å². The average molecular weight is 206 g/mol. The zero-order chi connectivity index (χ0) is 11.1. The van der Waals surface area contributed by atoms with Gasteiger partial charge in [0, 0.05) is 12.2 Å².